The van der Waals surface area contributed by atoms with Gasteiger partial charge < -0.3 is 5.32 Å². The molecule has 1 N–H and O–H groups in total. The molecule has 2 rings (SSSR count). The van der Waals surface area contributed by atoms with Crippen molar-refractivity contribution in [2.24, 2.45) is 0 Å². The predicted octanol–water partition coefficient (Wildman–Crippen LogP) is 2.85. The highest BCUT2D eigenvalue weighted by atomic mass is 19.4. The number of halogens is 6. The fourth-order valence-corrected chi connectivity index (χ4v) is 1.49. The Labute approximate surface area is 107 Å². The van der Waals surface area contributed by atoms with E-state index in [1.54, 1.807) is 0 Å². The smallest absolute Gasteiger partial charge is 0.301 e. The maximum atomic E-state index is 12.7. The third-order valence-electron chi connectivity index (χ3n) is 2.28. The number of pyridine rings is 1. The summed E-state index contributed by atoms with van der Waals surface area (Å²) in [7, 11) is 0. The molecule has 4 nitrogen and oxygen atoms in total. The molecule has 0 atom stereocenters. The molecule has 0 saturated heterocycles. The summed E-state index contributed by atoms with van der Waals surface area (Å²) in [4.78, 5) is 14.2. The lowest BCUT2D eigenvalue weighted by molar-refractivity contribution is -0.167. The first kappa shape index (κ1) is 14.2. The van der Waals surface area contributed by atoms with Crippen molar-refractivity contribution in [3.8, 4) is 0 Å². The molecular formula is C10H5F6N3O. The lowest BCUT2D eigenvalue weighted by Crippen LogP contribution is -2.30. The number of nitrogens with zero attached hydrogens (tertiary/aromatic N) is 2. The summed E-state index contributed by atoms with van der Waals surface area (Å²) in [5.74, 6) is -2.93. The van der Waals surface area contributed by atoms with Crippen LogP contribution in [0.1, 0.15) is 5.69 Å². The van der Waals surface area contributed by atoms with Gasteiger partial charge in [0.25, 0.3) is 0 Å². The van der Waals surface area contributed by atoms with E-state index in [2.05, 4.69) is 4.98 Å². The quantitative estimate of drug-likeness (QED) is 0.823. The van der Waals surface area contributed by atoms with Gasteiger partial charge in [-0.3, -0.25) is 9.20 Å². The van der Waals surface area contributed by atoms with Gasteiger partial charge in [-0.25, -0.2) is 4.98 Å². The summed E-state index contributed by atoms with van der Waals surface area (Å²) < 4.78 is 74.6. The Morgan fingerprint density at radius 3 is 2.35 bits per heavy atom. The van der Waals surface area contributed by atoms with Gasteiger partial charge in [0.2, 0.25) is 0 Å². The van der Waals surface area contributed by atoms with E-state index < -0.39 is 29.8 Å². The summed E-state index contributed by atoms with van der Waals surface area (Å²) in [6, 6.07) is 2.96. The topological polar surface area (TPSA) is 46.4 Å². The first-order valence-corrected chi connectivity index (χ1v) is 5.02. The van der Waals surface area contributed by atoms with Gasteiger partial charge in [-0.1, -0.05) is 6.07 Å². The second-order valence-corrected chi connectivity index (χ2v) is 3.72. The van der Waals surface area contributed by atoms with Gasteiger partial charge in [0.05, 0.1) is 6.20 Å². The minimum Gasteiger partial charge on any atom is -0.301 e. The number of anilines is 1. The van der Waals surface area contributed by atoms with E-state index in [9.17, 15) is 31.1 Å². The van der Waals surface area contributed by atoms with Crippen LogP contribution in [0.5, 0.6) is 0 Å². The number of hydrogen-bond donors (Lipinski definition) is 1. The number of rotatable bonds is 1. The normalized spacial score (nSPS) is 12.7. The first-order valence-electron chi connectivity index (χ1n) is 5.02. The number of imidazole rings is 1. The number of fused-ring (bicyclic) bond motifs is 1. The SMILES string of the molecule is O=C(Nc1cn2c(C(F)(F)F)cccc2n1)C(F)(F)F. The van der Waals surface area contributed by atoms with Crippen molar-refractivity contribution in [3.05, 3.63) is 30.1 Å². The van der Waals surface area contributed by atoms with Crippen LogP contribution in [0.2, 0.25) is 0 Å². The number of carbonyl (C=O) groups is 1. The summed E-state index contributed by atoms with van der Waals surface area (Å²) in [6.45, 7) is 0. The van der Waals surface area contributed by atoms with Crippen LogP contribution in [-0.2, 0) is 11.0 Å². The van der Waals surface area contributed by atoms with E-state index >= 15 is 0 Å². The second kappa shape index (κ2) is 4.39. The number of amides is 1. The molecule has 0 radical (unpaired) electrons. The van der Waals surface area contributed by atoms with Crippen molar-refractivity contribution in [2.75, 3.05) is 5.32 Å². The fourth-order valence-electron chi connectivity index (χ4n) is 1.49. The highest BCUT2D eigenvalue weighted by Crippen LogP contribution is 2.30. The van der Waals surface area contributed by atoms with E-state index in [1.807, 2.05) is 0 Å². The molecule has 10 heteroatoms. The number of hydrogen-bond acceptors (Lipinski definition) is 2. The van der Waals surface area contributed by atoms with E-state index in [0.717, 1.165) is 12.1 Å². The van der Waals surface area contributed by atoms with Gasteiger partial charge in [-0.15, -0.1) is 0 Å². The molecule has 2 aromatic rings. The summed E-state index contributed by atoms with van der Waals surface area (Å²) in [5, 5.41) is 1.39. The highest BCUT2D eigenvalue weighted by molar-refractivity contribution is 5.94. The van der Waals surface area contributed by atoms with Crippen LogP contribution in [0.15, 0.2) is 24.4 Å². The minimum atomic E-state index is -5.15. The Morgan fingerprint density at radius 2 is 1.80 bits per heavy atom. The van der Waals surface area contributed by atoms with Crippen molar-refractivity contribution in [1.29, 1.82) is 0 Å². The summed E-state index contributed by atoms with van der Waals surface area (Å²) >= 11 is 0. The zero-order valence-corrected chi connectivity index (χ0v) is 9.38. The van der Waals surface area contributed by atoms with Crippen molar-refractivity contribution < 1.29 is 31.1 Å². The van der Waals surface area contributed by atoms with Crippen molar-refractivity contribution in [1.82, 2.24) is 9.38 Å². The Balaban J connectivity index is 2.42. The molecule has 108 valence electrons. The molecule has 0 saturated carbocycles. The van der Waals surface area contributed by atoms with Crippen molar-refractivity contribution in [3.63, 3.8) is 0 Å². The Morgan fingerprint density at radius 1 is 1.15 bits per heavy atom. The Bertz CT molecular complexity index is 657. The largest absolute Gasteiger partial charge is 0.471 e. The minimum absolute atomic E-state index is 0.239. The number of alkyl halides is 6. The van der Waals surface area contributed by atoms with Gasteiger partial charge in [-0.2, -0.15) is 26.3 Å². The van der Waals surface area contributed by atoms with Crippen LogP contribution >= 0.6 is 0 Å². The molecule has 0 aliphatic carbocycles. The first-order chi connectivity index (χ1) is 9.09. The Hall–Kier alpha value is -2.26. The number of carbonyl (C=O) groups excluding carboxylic acids is 1. The molecule has 20 heavy (non-hydrogen) atoms. The van der Waals surface area contributed by atoms with E-state index in [0.29, 0.717) is 10.6 Å². The zero-order valence-electron chi connectivity index (χ0n) is 9.38. The lowest BCUT2D eigenvalue weighted by atomic mass is 10.3. The third-order valence-corrected chi connectivity index (χ3v) is 2.28. The Kier molecular flexibility index (Phi) is 3.11. The van der Waals surface area contributed by atoms with Crippen LogP contribution in [-0.4, -0.2) is 21.5 Å². The van der Waals surface area contributed by atoms with Gasteiger partial charge in [0, 0.05) is 0 Å². The molecule has 1 amide bonds. The van der Waals surface area contributed by atoms with Gasteiger partial charge in [0.15, 0.2) is 5.82 Å². The zero-order chi connectivity index (χ0) is 15.1. The van der Waals surface area contributed by atoms with Gasteiger partial charge >= 0.3 is 18.3 Å². The molecule has 2 heterocycles. The maximum Gasteiger partial charge on any atom is 0.471 e. The van der Waals surface area contributed by atoms with Crippen LogP contribution < -0.4 is 5.32 Å². The predicted molar refractivity (Wildman–Crippen MR) is 54.9 cm³/mol. The van der Waals surface area contributed by atoms with Gasteiger partial charge in [0.1, 0.15) is 11.3 Å². The number of aromatic nitrogens is 2. The number of nitrogens with one attached hydrogen (secondary N) is 1. The monoisotopic (exact) mass is 297 g/mol. The molecule has 0 aliphatic heterocycles. The van der Waals surface area contributed by atoms with Crippen molar-refractivity contribution >= 4 is 17.4 Å². The average Bonchev–Trinajstić information content (AvgIpc) is 2.67. The second-order valence-electron chi connectivity index (χ2n) is 3.72. The summed E-state index contributed by atoms with van der Waals surface area (Å²) in [6.07, 6.45) is -9.18. The molecule has 0 bridgehead atoms. The third kappa shape index (κ3) is 2.68. The highest BCUT2D eigenvalue weighted by Gasteiger charge is 2.39. The fraction of sp³-hybridized carbons (Fsp3) is 0.200. The maximum absolute atomic E-state index is 12.7. The molecule has 0 unspecified atom stereocenters. The van der Waals surface area contributed by atoms with Gasteiger partial charge in [-0.05, 0) is 12.1 Å². The van der Waals surface area contributed by atoms with Crippen LogP contribution in [0.25, 0.3) is 5.65 Å². The van der Waals surface area contributed by atoms with Crippen LogP contribution in [0, 0.1) is 0 Å². The standard InChI is InChI=1S/C10H5F6N3O/c11-9(12,13)5-2-1-3-7-17-6(4-19(5)7)18-8(20)10(14,15)16/h1-4H,(H,18,20). The molecular weight excluding hydrogens is 292 g/mol. The van der Waals surface area contributed by atoms with Crippen LogP contribution in [0.4, 0.5) is 32.2 Å². The molecule has 0 spiro atoms. The lowest BCUT2D eigenvalue weighted by Gasteiger charge is -2.08. The van der Waals surface area contributed by atoms with Crippen LogP contribution in [0.3, 0.4) is 0 Å². The molecule has 2 aromatic heterocycles. The van der Waals surface area contributed by atoms with E-state index in [1.165, 1.54) is 11.4 Å². The van der Waals surface area contributed by atoms with E-state index in [4.69, 9.17) is 0 Å². The molecule has 0 aliphatic rings. The van der Waals surface area contributed by atoms with E-state index in [-0.39, 0.29) is 5.65 Å². The molecule has 0 fully saturated rings. The molecule has 0 aromatic carbocycles. The van der Waals surface area contributed by atoms with Crippen molar-refractivity contribution in [2.45, 2.75) is 12.4 Å². The summed E-state index contributed by atoms with van der Waals surface area (Å²) in [5.41, 5.74) is -1.35. The average molecular weight is 297 g/mol.